The number of benzene rings is 2. The first-order valence-corrected chi connectivity index (χ1v) is 6.67. The molecule has 2 rings (SSSR count). The van der Waals surface area contributed by atoms with E-state index in [1.807, 2.05) is 6.92 Å². The van der Waals surface area contributed by atoms with Crippen molar-refractivity contribution in [3.63, 3.8) is 0 Å². The van der Waals surface area contributed by atoms with Gasteiger partial charge in [-0.15, -0.1) is 0 Å². The smallest absolute Gasteiger partial charge is 0.195 e. The lowest BCUT2D eigenvalue weighted by Crippen LogP contribution is -2.14. The monoisotopic (exact) mass is 297 g/mol. The standard InChI is InChI=1S/C16H15F4N/c1-2-7-21-9-10-3-4-11(17)8-13(10)12-5-6-14(18)16(20)15(12)19/h3-6,8,21H,2,7,9H2,1H3. The van der Waals surface area contributed by atoms with Crippen molar-refractivity contribution in [1.29, 1.82) is 0 Å². The zero-order valence-corrected chi connectivity index (χ0v) is 11.5. The van der Waals surface area contributed by atoms with E-state index in [1.54, 1.807) is 0 Å². The molecular formula is C16H15F4N. The molecule has 0 aliphatic rings. The van der Waals surface area contributed by atoms with Gasteiger partial charge in [0.05, 0.1) is 0 Å². The molecule has 0 bridgehead atoms. The average molecular weight is 297 g/mol. The minimum absolute atomic E-state index is 0.151. The van der Waals surface area contributed by atoms with E-state index in [4.69, 9.17) is 0 Å². The lowest BCUT2D eigenvalue weighted by atomic mass is 9.98. The predicted octanol–water partition coefficient (Wildman–Crippen LogP) is 4.41. The van der Waals surface area contributed by atoms with E-state index in [1.165, 1.54) is 12.1 Å². The maximum Gasteiger partial charge on any atom is 0.195 e. The fourth-order valence-corrected chi connectivity index (χ4v) is 2.09. The van der Waals surface area contributed by atoms with Crippen LogP contribution in [-0.2, 0) is 6.54 Å². The van der Waals surface area contributed by atoms with Crippen molar-refractivity contribution < 1.29 is 17.6 Å². The number of hydrogen-bond donors (Lipinski definition) is 1. The van der Waals surface area contributed by atoms with E-state index in [2.05, 4.69) is 5.32 Å². The second-order valence-corrected chi connectivity index (χ2v) is 4.70. The molecule has 2 aromatic carbocycles. The zero-order chi connectivity index (χ0) is 15.4. The van der Waals surface area contributed by atoms with Crippen LogP contribution >= 0.6 is 0 Å². The first kappa shape index (κ1) is 15.5. The lowest BCUT2D eigenvalue weighted by Gasteiger charge is -2.12. The normalized spacial score (nSPS) is 10.9. The van der Waals surface area contributed by atoms with Crippen molar-refractivity contribution in [1.82, 2.24) is 5.32 Å². The molecule has 0 aliphatic heterocycles. The molecule has 0 aromatic heterocycles. The topological polar surface area (TPSA) is 12.0 Å². The minimum atomic E-state index is -1.55. The van der Waals surface area contributed by atoms with E-state index in [0.29, 0.717) is 12.1 Å². The summed E-state index contributed by atoms with van der Waals surface area (Å²) in [5, 5.41) is 3.11. The summed E-state index contributed by atoms with van der Waals surface area (Å²) in [5.74, 6) is -4.69. The van der Waals surface area contributed by atoms with E-state index in [-0.39, 0.29) is 11.1 Å². The predicted molar refractivity (Wildman–Crippen MR) is 73.7 cm³/mol. The molecule has 1 N–H and O–H groups in total. The van der Waals surface area contributed by atoms with Crippen LogP contribution in [0.5, 0.6) is 0 Å². The summed E-state index contributed by atoms with van der Waals surface area (Å²) in [4.78, 5) is 0. The molecule has 0 saturated heterocycles. The maximum atomic E-state index is 13.9. The molecule has 0 aliphatic carbocycles. The highest BCUT2D eigenvalue weighted by Crippen LogP contribution is 2.29. The Morgan fingerprint density at radius 3 is 2.38 bits per heavy atom. The molecular weight excluding hydrogens is 282 g/mol. The Hall–Kier alpha value is -1.88. The molecule has 0 fully saturated rings. The Kier molecular flexibility index (Phi) is 4.96. The van der Waals surface area contributed by atoms with Gasteiger partial charge < -0.3 is 5.32 Å². The van der Waals surface area contributed by atoms with Crippen molar-refractivity contribution >= 4 is 0 Å². The summed E-state index contributed by atoms with van der Waals surface area (Å²) < 4.78 is 53.7. The number of halogens is 4. The SMILES string of the molecule is CCCNCc1ccc(F)cc1-c1ccc(F)c(F)c1F. The van der Waals surface area contributed by atoms with Gasteiger partial charge in [0.15, 0.2) is 17.5 Å². The van der Waals surface area contributed by atoms with Crippen molar-refractivity contribution in [2.45, 2.75) is 19.9 Å². The van der Waals surface area contributed by atoms with Crippen molar-refractivity contribution in [3.05, 3.63) is 59.2 Å². The fraction of sp³-hybridized carbons (Fsp3) is 0.250. The van der Waals surface area contributed by atoms with Gasteiger partial charge in [0.2, 0.25) is 0 Å². The summed E-state index contributed by atoms with van der Waals surface area (Å²) >= 11 is 0. The highest BCUT2D eigenvalue weighted by atomic mass is 19.2. The first-order valence-electron chi connectivity index (χ1n) is 6.67. The van der Waals surface area contributed by atoms with Crippen LogP contribution in [0.1, 0.15) is 18.9 Å². The van der Waals surface area contributed by atoms with Gasteiger partial charge in [0.25, 0.3) is 0 Å². The van der Waals surface area contributed by atoms with Crippen molar-refractivity contribution in [3.8, 4) is 11.1 Å². The maximum absolute atomic E-state index is 13.9. The molecule has 2 aromatic rings. The zero-order valence-electron chi connectivity index (χ0n) is 11.5. The molecule has 0 amide bonds. The summed E-state index contributed by atoms with van der Waals surface area (Å²) in [6.45, 7) is 3.13. The van der Waals surface area contributed by atoms with Gasteiger partial charge in [0, 0.05) is 12.1 Å². The molecule has 0 spiro atoms. The fourth-order valence-electron chi connectivity index (χ4n) is 2.09. The Morgan fingerprint density at radius 1 is 0.905 bits per heavy atom. The van der Waals surface area contributed by atoms with Crippen molar-refractivity contribution in [2.24, 2.45) is 0 Å². The molecule has 0 saturated carbocycles. The molecule has 1 nitrogen and oxygen atoms in total. The Morgan fingerprint density at radius 2 is 1.67 bits per heavy atom. The van der Waals surface area contributed by atoms with E-state index >= 15 is 0 Å². The first-order chi connectivity index (χ1) is 10.0. The van der Waals surface area contributed by atoms with Gasteiger partial charge in [-0.1, -0.05) is 13.0 Å². The van der Waals surface area contributed by atoms with Crippen molar-refractivity contribution in [2.75, 3.05) is 6.54 Å². The minimum Gasteiger partial charge on any atom is -0.313 e. The molecule has 0 heterocycles. The average Bonchev–Trinajstić information content (AvgIpc) is 2.47. The van der Waals surface area contributed by atoms with Crippen LogP contribution in [0.3, 0.4) is 0 Å². The van der Waals surface area contributed by atoms with Gasteiger partial charge in [-0.05, 0) is 48.4 Å². The molecule has 21 heavy (non-hydrogen) atoms. The van der Waals surface area contributed by atoms with Crippen LogP contribution in [0.2, 0.25) is 0 Å². The van der Waals surface area contributed by atoms with Gasteiger partial charge in [-0.25, -0.2) is 17.6 Å². The van der Waals surface area contributed by atoms with Crippen LogP contribution in [0, 0.1) is 23.3 Å². The summed E-state index contributed by atoms with van der Waals surface area (Å²) in [6, 6.07) is 5.84. The lowest BCUT2D eigenvalue weighted by molar-refractivity contribution is 0.449. The Labute approximate surface area is 120 Å². The molecule has 0 unspecified atom stereocenters. The molecule has 0 radical (unpaired) electrons. The Balaban J connectivity index is 2.47. The van der Waals surface area contributed by atoms with Crippen LogP contribution in [0.15, 0.2) is 30.3 Å². The quantitative estimate of drug-likeness (QED) is 0.490. The third-order valence-electron chi connectivity index (χ3n) is 3.14. The Bertz CT molecular complexity index is 640. The summed E-state index contributed by atoms with van der Waals surface area (Å²) in [6.07, 6.45) is 0.913. The highest BCUT2D eigenvalue weighted by Gasteiger charge is 2.17. The van der Waals surface area contributed by atoms with Crippen LogP contribution < -0.4 is 5.32 Å². The van der Waals surface area contributed by atoms with Gasteiger partial charge in [0.1, 0.15) is 5.82 Å². The summed E-state index contributed by atoms with van der Waals surface area (Å²) in [7, 11) is 0. The molecule has 112 valence electrons. The third-order valence-corrected chi connectivity index (χ3v) is 3.14. The highest BCUT2D eigenvalue weighted by molar-refractivity contribution is 5.68. The second kappa shape index (κ2) is 6.72. The van der Waals surface area contributed by atoms with Gasteiger partial charge >= 0.3 is 0 Å². The number of rotatable bonds is 5. The van der Waals surface area contributed by atoms with Gasteiger partial charge in [-0.2, -0.15) is 0 Å². The van der Waals surface area contributed by atoms with Crippen LogP contribution in [0.4, 0.5) is 17.6 Å². The molecule has 0 atom stereocenters. The van der Waals surface area contributed by atoms with E-state index in [0.717, 1.165) is 31.2 Å². The van der Waals surface area contributed by atoms with E-state index < -0.39 is 23.3 Å². The van der Waals surface area contributed by atoms with Crippen LogP contribution in [-0.4, -0.2) is 6.54 Å². The summed E-state index contributed by atoms with van der Waals surface area (Å²) in [5.41, 5.74) is 0.687. The second-order valence-electron chi connectivity index (χ2n) is 4.70. The van der Waals surface area contributed by atoms with E-state index in [9.17, 15) is 17.6 Å². The number of nitrogens with one attached hydrogen (secondary N) is 1. The van der Waals surface area contributed by atoms with Gasteiger partial charge in [-0.3, -0.25) is 0 Å². The molecule has 5 heteroatoms. The van der Waals surface area contributed by atoms with Crippen LogP contribution in [0.25, 0.3) is 11.1 Å². The number of hydrogen-bond acceptors (Lipinski definition) is 1. The largest absolute Gasteiger partial charge is 0.313 e. The third kappa shape index (κ3) is 3.42.